The van der Waals surface area contributed by atoms with Gasteiger partial charge in [-0.2, -0.15) is 0 Å². The van der Waals surface area contributed by atoms with Crippen LogP contribution in [0.3, 0.4) is 0 Å². The molecule has 0 radical (unpaired) electrons. The monoisotopic (exact) mass is 767 g/mol. The minimum absolute atomic E-state index is 0.0590. The Hall–Kier alpha value is -3.39. The molecule has 0 saturated carbocycles. The normalized spacial score (nSPS) is 12.2. The van der Waals surface area contributed by atoms with Gasteiger partial charge in [-0.25, -0.2) is 0 Å². The van der Waals surface area contributed by atoms with Gasteiger partial charge in [0.2, 0.25) is 0 Å². The summed E-state index contributed by atoms with van der Waals surface area (Å²) in [5, 5.41) is 9.04. The third-order valence-corrected chi connectivity index (χ3v) is 13.3. The van der Waals surface area contributed by atoms with Crippen molar-refractivity contribution in [2.75, 3.05) is 6.61 Å². The van der Waals surface area contributed by atoms with Gasteiger partial charge < -0.3 is 0 Å². The minimum atomic E-state index is -4.40. The van der Waals surface area contributed by atoms with E-state index in [4.69, 9.17) is 26.4 Å². The van der Waals surface area contributed by atoms with Gasteiger partial charge in [-0.3, -0.25) is 0 Å². The van der Waals surface area contributed by atoms with Crippen LogP contribution >= 0.6 is 11.6 Å². The van der Waals surface area contributed by atoms with Crippen LogP contribution in [0.5, 0.6) is 5.75 Å². The molecule has 1 aromatic heterocycles. The summed E-state index contributed by atoms with van der Waals surface area (Å²) in [6.07, 6.45) is -3.69. The van der Waals surface area contributed by atoms with Crippen molar-refractivity contribution in [3.8, 4) is 27.0 Å². The van der Waals surface area contributed by atoms with E-state index in [0.717, 1.165) is 49.1 Å². The van der Waals surface area contributed by atoms with Crippen molar-refractivity contribution in [3.05, 3.63) is 123 Å². The van der Waals surface area contributed by atoms with Crippen LogP contribution in [-0.2, 0) is 17.4 Å². The Morgan fingerprint density at radius 1 is 0.956 bits per heavy atom. The second kappa shape index (κ2) is 13.9. The molecule has 0 amide bonds. The maximum absolute atomic E-state index is 13.7. The van der Waals surface area contributed by atoms with Crippen molar-refractivity contribution in [3.63, 3.8) is 0 Å². The second-order valence-corrected chi connectivity index (χ2v) is 15.5. The van der Waals surface area contributed by atoms with E-state index in [0.29, 0.717) is 17.7 Å². The van der Waals surface area contributed by atoms with E-state index in [-0.39, 0.29) is 39.3 Å². The van der Waals surface area contributed by atoms with Crippen LogP contribution in [0.15, 0.2) is 84.9 Å². The van der Waals surface area contributed by atoms with E-state index < -0.39 is 30.1 Å². The fourth-order valence-corrected chi connectivity index (χ4v) is 10.8. The predicted molar refractivity (Wildman–Crippen MR) is 169 cm³/mol. The fraction of sp³-hybridized carbons (Fsp3) is 0.176. The predicted octanol–water partition coefficient (Wildman–Crippen LogP) is 7.68. The number of alkyl halides is 3. The Morgan fingerprint density at radius 3 is 2.24 bits per heavy atom. The SMILES string of the molecule is Cc1cc([Se]C(Cc2ccc(-c3ccc(F)c(Cl)c3)cc2)c2[se]c(-c3ccc(C(F)(F)F)cc3)nc2C)ccc1OCC(=O)O. The molecule has 1 unspecified atom stereocenters. The molecule has 0 aliphatic heterocycles. The zero-order chi connectivity index (χ0) is 32.3. The first kappa shape index (κ1) is 33.0. The molecule has 0 spiro atoms. The summed E-state index contributed by atoms with van der Waals surface area (Å²) in [5.74, 6) is -1.01. The van der Waals surface area contributed by atoms with E-state index in [1.165, 1.54) is 22.6 Å². The van der Waals surface area contributed by atoms with E-state index in [1.807, 2.05) is 50.2 Å². The topological polar surface area (TPSA) is 59.4 Å². The Bertz CT molecular complexity index is 1820. The van der Waals surface area contributed by atoms with Crippen molar-refractivity contribution in [2.45, 2.75) is 31.3 Å². The van der Waals surface area contributed by atoms with Gasteiger partial charge in [0, 0.05) is 0 Å². The first-order valence-electron chi connectivity index (χ1n) is 13.7. The summed E-state index contributed by atoms with van der Waals surface area (Å²) in [6.45, 7) is 3.40. The van der Waals surface area contributed by atoms with Crippen LogP contribution in [0.25, 0.3) is 21.3 Å². The van der Waals surface area contributed by atoms with Gasteiger partial charge in [-0.05, 0) is 0 Å². The van der Waals surface area contributed by atoms with Crippen LogP contribution in [0.1, 0.15) is 31.6 Å². The number of carbonyl (C=O) groups is 1. The molecule has 232 valence electrons. The number of aromatic nitrogens is 1. The summed E-state index contributed by atoms with van der Waals surface area (Å²) < 4.78 is 61.6. The average molecular weight is 766 g/mol. The van der Waals surface area contributed by atoms with Gasteiger partial charge in [-0.15, -0.1) is 0 Å². The number of ether oxygens (including phenoxy) is 1. The third-order valence-electron chi connectivity index (χ3n) is 6.99. The molecule has 5 aromatic rings. The number of hydrogen-bond acceptors (Lipinski definition) is 3. The zero-order valence-electron chi connectivity index (χ0n) is 24.0. The van der Waals surface area contributed by atoms with Gasteiger partial charge >= 0.3 is 276 Å². The van der Waals surface area contributed by atoms with Crippen LogP contribution in [0.2, 0.25) is 5.02 Å². The average Bonchev–Trinajstić information content (AvgIpc) is 3.39. The Balaban J connectivity index is 1.45. The molecular formula is C34H26ClF4NO3Se2. The molecule has 1 N–H and O–H groups in total. The van der Waals surface area contributed by atoms with Gasteiger partial charge in [0.15, 0.2) is 0 Å². The van der Waals surface area contributed by atoms with E-state index >= 15 is 0 Å². The van der Waals surface area contributed by atoms with E-state index in [2.05, 4.69) is 0 Å². The molecule has 4 nitrogen and oxygen atoms in total. The number of nitrogens with zero attached hydrogens (tertiary/aromatic N) is 1. The van der Waals surface area contributed by atoms with Crippen LogP contribution < -0.4 is 9.20 Å². The molecule has 0 aliphatic rings. The number of carboxylic acid groups (broad SMARTS) is 1. The summed E-state index contributed by atoms with van der Waals surface area (Å²) >= 11 is 5.73. The number of benzene rings is 4. The van der Waals surface area contributed by atoms with Crippen molar-refractivity contribution in [1.82, 2.24) is 4.98 Å². The molecule has 11 heteroatoms. The summed E-state index contributed by atoms with van der Waals surface area (Å²) in [7, 11) is 0. The van der Waals surface area contributed by atoms with Crippen molar-refractivity contribution < 1.29 is 32.2 Å². The van der Waals surface area contributed by atoms with E-state index in [1.54, 1.807) is 18.2 Å². The molecule has 45 heavy (non-hydrogen) atoms. The van der Waals surface area contributed by atoms with Gasteiger partial charge in [0.25, 0.3) is 0 Å². The fourth-order valence-electron chi connectivity index (χ4n) is 4.70. The third kappa shape index (κ3) is 8.26. The zero-order valence-corrected chi connectivity index (χ0v) is 28.2. The number of carboxylic acids is 1. The van der Waals surface area contributed by atoms with Crippen molar-refractivity contribution >= 4 is 51.5 Å². The number of hydrogen-bond donors (Lipinski definition) is 1. The number of aryl methyl sites for hydroxylation is 2. The quantitative estimate of drug-likeness (QED) is 0.117. The van der Waals surface area contributed by atoms with E-state index in [9.17, 15) is 22.4 Å². The molecule has 0 fully saturated rings. The van der Waals surface area contributed by atoms with Crippen LogP contribution in [-0.4, -0.2) is 52.1 Å². The maximum atomic E-state index is 13.7. The molecular weight excluding hydrogens is 740 g/mol. The van der Waals surface area contributed by atoms with Crippen LogP contribution in [0.4, 0.5) is 17.6 Å². The molecule has 4 aromatic carbocycles. The Kier molecular flexibility index (Phi) is 10.2. The summed E-state index contributed by atoms with van der Waals surface area (Å²) in [6, 6.07) is 23.6. The van der Waals surface area contributed by atoms with Crippen molar-refractivity contribution in [1.29, 1.82) is 0 Å². The molecule has 0 saturated heterocycles. The van der Waals surface area contributed by atoms with Gasteiger partial charge in [-0.1, -0.05) is 0 Å². The molecule has 1 atom stereocenters. The summed E-state index contributed by atoms with van der Waals surface area (Å²) in [4.78, 5) is 15.9. The molecule has 0 bridgehead atoms. The van der Waals surface area contributed by atoms with Gasteiger partial charge in [0.1, 0.15) is 0 Å². The second-order valence-electron chi connectivity index (χ2n) is 10.3. The molecule has 1 heterocycles. The Morgan fingerprint density at radius 2 is 1.62 bits per heavy atom. The number of aliphatic carboxylic acids is 1. The first-order chi connectivity index (χ1) is 21.4. The van der Waals surface area contributed by atoms with Gasteiger partial charge in [0.05, 0.1) is 0 Å². The van der Waals surface area contributed by atoms with Crippen molar-refractivity contribution in [2.24, 2.45) is 0 Å². The standard InChI is InChI=1S/C34H26ClF4NO3Se2/c1-19-15-26(12-14-29(19)43-18-31(41)42)44-30(16-21-3-5-22(6-4-21)24-9-13-28(36)27(35)17-24)32-20(2)40-33(45-32)23-7-10-25(11-8-23)34(37,38)39/h3-15,17,30H,16,18H2,1-2H3,(H,41,42). The Labute approximate surface area is 275 Å². The summed E-state index contributed by atoms with van der Waals surface area (Å²) in [5.41, 5.74) is 4.51. The first-order valence-corrected chi connectivity index (χ1v) is 17.6. The molecule has 0 aliphatic carbocycles. The number of halogens is 5. The van der Waals surface area contributed by atoms with Crippen LogP contribution in [0, 0.1) is 19.7 Å². The number of rotatable bonds is 10. The molecule has 5 rings (SSSR count).